The summed E-state index contributed by atoms with van der Waals surface area (Å²) in [5, 5.41) is 0. The second-order valence-corrected chi connectivity index (χ2v) is 4.31. The highest BCUT2D eigenvalue weighted by Crippen LogP contribution is 2.22. The number of H-pyrrole nitrogens is 1. The number of Topliss-reactive ketones (excluding diaryl/α,β-unsaturated/α-hetero) is 1. The minimum atomic E-state index is -0.402. The van der Waals surface area contributed by atoms with Crippen LogP contribution in [0, 0.1) is 0 Å². The van der Waals surface area contributed by atoms with Gasteiger partial charge in [-0.05, 0) is 18.2 Å². The molecule has 2 aromatic heterocycles. The van der Waals surface area contributed by atoms with Gasteiger partial charge in [-0.25, -0.2) is 9.78 Å². The Kier molecular flexibility index (Phi) is 2.38. The van der Waals surface area contributed by atoms with Crippen LogP contribution in [-0.2, 0) is 7.05 Å². The SMILES string of the molecule is CC(=O)c1ncc(-c2ccc3oc(=O)n(C)c3c2)[nH]1. The molecule has 0 aliphatic carbocycles. The minimum Gasteiger partial charge on any atom is -0.408 e. The first-order valence-corrected chi connectivity index (χ1v) is 5.72. The molecule has 0 amide bonds. The number of nitrogens with one attached hydrogen (secondary N) is 1. The summed E-state index contributed by atoms with van der Waals surface area (Å²) < 4.78 is 6.49. The highest BCUT2D eigenvalue weighted by molar-refractivity contribution is 5.91. The Morgan fingerprint density at radius 2 is 2.21 bits per heavy atom. The fourth-order valence-corrected chi connectivity index (χ4v) is 1.94. The van der Waals surface area contributed by atoms with Gasteiger partial charge in [0, 0.05) is 19.5 Å². The number of ketones is 1. The molecule has 96 valence electrons. The lowest BCUT2D eigenvalue weighted by molar-refractivity contribution is 0.100. The van der Waals surface area contributed by atoms with E-state index in [1.165, 1.54) is 11.5 Å². The van der Waals surface area contributed by atoms with Gasteiger partial charge in [-0.15, -0.1) is 0 Å². The van der Waals surface area contributed by atoms with Crippen LogP contribution in [0.3, 0.4) is 0 Å². The van der Waals surface area contributed by atoms with E-state index in [1.807, 2.05) is 12.1 Å². The predicted molar refractivity (Wildman–Crippen MR) is 69.0 cm³/mol. The van der Waals surface area contributed by atoms with Gasteiger partial charge in [0.05, 0.1) is 17.4 Å². The summed E-state index contributed by atoms with van der Waals surface area (Å²) in [6.07, 6.45) is 1.59. The number of hydrogen-bond donors (Lipinski definition) is 1. The third-order valence-electron chi connectivity index (χ3n) is 3.01. The number of aryl methyl sites for hydroxylation is 1. The third-order valence-corrected chi connectivity index (χ3v) is 3.01. The summed E-state index contributed by atoms with van der Waals surface area (Å²) in [6, 6.07) is 5.35. The van der Waals surface area contributed by atoms with Gasteiger partial charge >= 0.3 is 5.76 Å². The smallest absolute Gasteiger partial charge is 0.408 e. The van der Waals surface area contributed by atoms with Crippen LogP contribution in [0.25, 0.3) is 22.4 Å². The van der Waals surface area contributed by atoms with Gasteiger partial charge < -0.3 is 9.40 Å². The molecule has 0 spiro atoms. The average Bonchev–Trinajstić information content (AvgIpc) is 2.96. The van der Waals surface area contributed by atoms with E-state index in [-0.39, 0.29) is 5.78 Å². The molecule has 0 atom stereocenters. The van der Waals surface area contributed by atoms with Crippen molar-refractivity contribution in [1.29, 1.82) is 0 Å². The zero-order valence-electron chi connectivity index (χ0n) is 10.4. The molecule has 0 aliphatic heterocycles. The quantitative estimate of drug-likeness (QED) is 0.709. The second kappa shape index (κ2) is 3.94. The van der Waals surface area contributed by atoms with Crippen LogP contribution >= 0.6 is 0 Å². The summed E-state index contributed by atoms with van der Waals surface area (Å²) in [4.78, 5) is 29.6. The predicted octanol–water partition coefficient (Wildman–Crippen LogP) is 1.72. The molecule has 0 bridgehead atoms. The highest BCUT2D eigenvalue weighted by Gasteiger charge is 2.10. The van der Waals surface area contributed by atoms with Crippen LogP contribution in [0.5, 0.6) is 0 Å². The number of benzene rings is 1. The largest absolute Gasteiger partial charge is 0.419 e. The molecular formula is C13H11N3O3. The second-order valence-electron chi connectivity index (χ2n) is 4.31. The van der Waals surface area contributed by atoms with Crippen LogP contribution in [0.2, 0.25) is 0 Å². The molecule has 6 nitrogen and oxygen atoms in total. The first-order valence-electron chi connectivity index (χ1n) is 5.72. The number of imidazole rings is 1. The molecule has 0 saturated carbocycles. The zero-order chi connectivity index (χ0) is 13.6. The number of aromatic amines is 1. The lowest BCUT2D eigenvalue weighted by atomic mass is 10.1. The Morgan fingerprint density at radius 1 is 1.42 bits per heavy atom. The van der Waals surface area contributed by atoms with Gasteiger partial charge in [0.25, 0.3) is 0 Å². The summed E-state index contributed by atoms with van der Waals surface area (Å²) in [5.74, 6) is -0.208. The number of oxazole rings is 1. The molecule has 3 aromatic rings. The van der Waals surface area contributed by atoms with Gasteiger partial charge in [0.1, 0.15) is 0 Å². The maximum absolute atomic E-state index is 11.4. The number of hydrogen-bond acceptors (Lipinski definition) is 4. The zero-order valence-corrected chi connectivity index (χ0v) is 10.4. The molecule has 0 radical (unpaired) electrons. The molecule has 0 saturated heterocycles. The van der Waals surface area contributed by atoms with Crippen molar-refractivity contribution in [2.24, 2.45) is 7.05 Å². The maximum Gasteiger partial charge on any atom is 0.419 e. The van der Waals surface area contributed by atoms with E-state index in [0.29, 0.717) is 16.9 Å². The summed E-state index contributed by atoms with van der Waals surface area (Å²) in [5.41, 5.74) is 2.79. The fourth-order valence-electron chi connectivity index (χ4n) is 1.94. The minimum absolute atomic E-state index is 0.122. The number of nitrogens with zero attached hydrogens (tertiary/aromatic N) is 2. The molecule has 2 heterocycles. The van der Waals surface area contributed by atoms with Crippen LogP contribution in [0.4, 0.5) is 0 Å². The monoisotopic (exact) mass is 257 g/mol. The maximum atomic E-state index is 11.4. The van der Waals surface area contributed by atoms with Crippen molar-refractivity contribution < 1.29 is 9.21 Å². The highest BCUT2D eigenvalue weighted by atomic mass is 16.4. The van der Waals surface area contributed by atoms with Crippen molar-refractivity contribution in [1.82, 2.24) is 14.5 Å². The molecule has 0 aliphatic rings. The van der Waals surface area contributed by atoms with Crippen LogP contribution in [0.15, 0.2) is 33.6 Å². The average molecular weight is 257 g/mol. The Bertz CT molecular complexity index is 838. The molecule has 6 heteroatoms. The van der Waals surface area contributed by atoms with Crippen molar-refractivity contribution in [3.63, 3.8) is 0 Å². The fraction of sp³-hybridized carbons (Fsp3) is 0.154. The van der Waals surface area contributed by atoms with Crippen molar-refractivity contribution in [2.75, 3.05) is 0 Å². The molecule has 19 heavy (non-hydrogen) atoms. The lowest BCUT2D eigenvalue weighted by Crippen LogP contribution is -2.08. The van der Waals surface area contributed by atoms with Gasteiger partial charge in [-0.2, -0.15) is 0 Å². The van der Waals surface area contributed by atoms with E-state index >= 15 is 0 Å². The van der Waals surface area contributed by atoms with Gasteiger partial charge in [-0.1, -0.05) is 0 Å². The van der Waals surface area contributed by atoms with E-state index in [4.69, 9.17) is 4.42 Å². The van der Waals surface area contributed by atoms with Crippen LogP contribution < -0.4 is 5.76 Å². The molecular weight excluding hydrogens is 246 g/mol. The van der Waals surface area contributed by atoms with E-state index in [0.717, 1.165) is 11.3 Å². The molecule has 1 N–H and O–H groups in total. The lowest BCUT2D eigenvalue weighted by Gasteiger charge is -1.98. The van der Waals surface area contributed by atoms with E-state index in [1.54, 1.807) is 19.3 Å². The first kappa shape index (κ1) is 11.5. The van der Waals surface area contributed by atoms with Crippen LogP contribution in [0.1, 0.15) is 17.5 Å². The third kappa shape index (κ3) is 1.77. The molecule has 1 aromatic carbocycles. The van der Waals surface area contributed by atoms with Crippen LogP contribution in [-0.4, -0.2) is 20.3 Å². The Balaban J connectivity index is 2.16. The van der Waals surface area contributed by atoms with Gasteiger partial charge in [0.2, 0.25) is 0 Å². The standard InChI is InChI=1S/C13H11N3O3/c1-7(17)12-14-6-9(15-12)8-3-4-11-10(5-8)16(2)13(18)19-11/h3-6H,1-2H3,(H,14,15). The van der Waals surface area contributed by atoms with E-state index in [9.17, 15) is 9.59 Å². The van der Waals surface area contributed by atoms with Crippen molar-refractivity contribution in [3.05, 3.63) is 40.8 Å². The van der Waals surface area contributed by atoms with Crippen molar-refractivity contribution >= 4 is 16.9 Å². The Morgan fingerprint density at radius 3 is 2.89 bits per heavy atom. The van der Waals surface area contributed by atoms with Crippen molar-refractivity contribution in [3.8, 4) is 11.3 Å². The number of carbonyl (C=O) groups excluding carboxylic acids is 1. The molecule has 0 unspecified atom stereocenters. The van der Waals surface area contributed by atoms with Crippen molar-refractivity contribution in [2.45, 2.75) is 6.92 Å². The number of rotatable bonds is 2. The Hall–Kier alpha value is -2.63. The topological polar surface area (TPSA) is 80.9 Å². The van der Waals surface area contributed by atoms with E-state index in [2.05, 4.69) is 9.97 Å². The normalized spacial score (nSPS) is 11.1. The summed E-state index contributed by atoms with van der Waals surface area (Å²) >= 11 is 0. The first-order chi connectivity index (χ1) is 9.06. The van der Waals surface area contributed by atoms with Gasteiger partial charge in [0.15, 0.2) is 17.2 Å². The number of fused-ring (bicyclic) bond motifs is 1. The summed E-state index contributed by atoms with van der Waals surface area (Å²) in [6.45, 7) is 1.45. The number of aromatic nitrogens is 3. The summed E-state index contributed by atoms with van der Waals surface area (Å²) in [7, 11) is 1.64. The van der Waals surface area contributed by atoms with Gasteiger partial charge in [-0.3, -0.25) is 9.36 Å². The Labute approximate surface area is 107 Å². The van der Waals surface area contributed by atoms with E-state index < -0.39 is 5.76 Å². The molecule has 0 fully saturated rings. The number of carbonyl (C=O) groups is 1. The molecule has 3 rings (SSSR count).